The average Bonchev–Trinajstić information content (AvgIpc) is 1.95. The maximum Gasteiger partial charge on any atom is 0.225 e. The van der Waals surface area contributed by atoms with E-state index in [1.807, 2.05) is 0 Å². The standard InChI is InChI=1S/C6H10Cl3NO2S/c1-4(11)10-2-3-13-5(12)6(7,8)9/h5,12H,2-3H2,1H3,(H,10,11). The number of carbonyl (C=O) groups excluding carboxylic acids is 1. The number of amides is 1. The van der Waals surface area contributed by atoms with E-state index in [0.717, 1.165) is 11.8 Å². The van der Waals surface area contributed by atoms with Gasteiger partial charge in [0.25, 0.3) is 0 Å². The second kappa shape index (κ2) is 6.19. The molecule has 3 nitrogen and oxygen atoms in total. The third-order valence-electron chi connectivity index (χ3n) is 1.03. The number of carbonyl (C=O) groups is 1. The molecule has 0 bridgehead atoms. The largest absolute Gasteiger partial charge is 0.378 e. The van der Waals surface area contributed by atoms with E-state index in [1.165, 1.54) is 6.92 Å². The van der Waals surface area contributed by atoms with Crippen molar-refractivity contribution in [3.05, 3.63) is 0 Å². The normalized spacial score (nSPS) is 13.9. The van der Waals surface area contributed by atoms with Gasteiger partial charge in [0.1, 0.15) is 5.44 Å². The van der Waals surface area contributed by atoms with Crippen LogP contribution >= 0.6 is 46.6 Å². The summed E-state index contributed by atoms with van der Waals surface area (Å²) in [6.45, 7) is 1.86. The van der Waals surface area contributed by atoms with Crippen LogP contribution in [0.1, 0.15) is 6.92 Å². The Bertz CT molecular complexity index is 174. The molecule has 0 saturated carbocycles. The average molecular weight is 267 g/mol. The van der Waals surface area contributed by atoms with Gasteiger partial charge < -0.3 is 10.4 Å². The van der Waals surface area contributed by atoms with Gasteiger partial charge in [-0.1, -0.05) is 34.8 Å². The van der Waals surface area contributed by atoms with Crippen LogP contribution in [0.2, 0.25) is 0 Å². The van der Waals surface area contributed by atoms with Crippen molar-refractivity contribution in [2.75, 3.05) is 12.3 Å². The molecule has 0 spiro atoms. The zero-order chi connectivity index (χ0) is 10.5. The van der Waals surface area contributed by atoms with E-state index >= 15 is 0 Å². The molecule has 0 aromatic rings. The third-order valence-corrected chi connectivity index (χ3v) is 3.15. The van der Waals surface area contributed by atoms with E-state index in [1.54, 1.807) is 0 Å². The summed E-state index contributed by atoms with van der Waals surface area (Å²) in [7, 11) is 0. The van der Waals surface area contributed by atoms with Gasteiger partial charge in [-0.2, -0.15) is 0 Å². The first-order chi connectivity index (χ1) is 5.84. The molecule has 0 aromatic carbocycles. The number of halogens is 3. The maximum atomic E-state index is 10.4. The molecule has 0 aliphatic carbocycles. The van der Waals surface area contributed by atoms with E-state index in [4.69, 9.17) is 34.8 Å². The van der Waals surface area contributed by atoms with Gasteiger partial charge in [0.05, 0.1) is 0 Å². The Labute approximate surface area is 96.1 Å². The highest BCUT2D eigenvalue weighted by Gasteiger charge is 2.30. The third kappa shape index (κ3) is 7.70. The molecular weight excluding hydrogens is 256 g/mol. The predicted molar refractivity (Wildman–Crippen MR) is 57.4 cm³/mol. The molecule has 0 aliphatic heterocycles. The summed E-state index contributed by atoms with van der Waals surface area (Å²) in [6, 6.07) is 0. The van der Waals surface area contributed by atoms with Crippen LogP contribution in [0.15, 0.2) is 0 Å². The van der Waals surface area contributed by atoms with E-state index in [2.05, 4.69) is 5.32 Å². The van der Waals surface area contributed by atoms with E-state index < -0.39 is 9.23 Å². The molecule has 0 rings (SSSR count). The highest BCUT2D eigenvalue weighted by molar-refractivity contribution is 8.00. The second-order valence-electron chi connectivity index (χ2n) is 2.25. The number of nitrogens with one attached hydrogen (secondary N) is 1. The zero-order valence-electron chi connectivity index (χ0n) is 6.89. The Morgan fingerprint density at radius 1 is 1.62 bits per heavy atom. The summed E-state index contributed by atoms with van der Waals surface area (Å²) >= 11 is 17.3. The van der Waals surface area contributed by atoms with E-state index in [0.29, 0.717) is 12.3 Å². The first-order valence-electron chi connectivity index (χ1n) is 3.45. The molecule has 0 radical (unpaired) electrons. The summed E-state index contributed by atoms with van der Waals surface area (Å²) in [6.07, 6.45) is 0. The summed E-state index contributed by atoms with van der Waals surface area (Å²) in [4.78, 5) is 10.4. The van der Waals surface area contributed by atoms with Crippen LogP contribution in [-0.4, -0.2) is 32.5 Å². The van der Waals surface area contributed by atoms with Crippen molar-refractivity contribution in [2.24, 2.45) is 0 Å². The smallest absolute Gasteiger partial charge is 0.225 e. The fourth-order valence-electron chi connectivity index (χ4n) is 0.492. The van der Waals surface area contributed by atoms with Gasteiger partial charge >= 0.3 is 0 Å². The lowest BCUT2D eigenvalue weighted by molar-refractivity contribution is -0.118. The fourth-order valence-corrected chi connectivity index (χ4v) is 1.69. The van der Waals surface area contributed by atoms with Gasteiger partial charge in [0.2, 0.25) is 9.70 Å². The van der Waals surface area contributed by atoms with Crippen LogP contribution in [0, 0.1) is 0 Å². The SMILES string of the molecule is CC(=O)NCCSC(O)C(Cl)(Cl)Cl. The number of hydrogen-bond donors (Lipinski definition) is 2. The van der Waals surface area contributed by atoms with Crippen LogP contribution in [-0.2, 0) is 4.79 Å². The highest BCUT2D eigenvalue weighted by atomic mass is 35.6. The fraction of sp³-hybridized carbons (Fsp3) is 0.833. The first-order valence-corrected chi connectivity index (χ1v) is 5.63. The maximum absolute atomic E-state index is 10.4. The number of rotatable bonds is 4. The van der Waals surface area contributed by atoms with E-state index in [9.17, 15) is 9.90 Å². The zero-order valence-corrected chi connectivity index (χ0v) is 9.97. The molecule has 0 fully saturated rings. The molecule has 2 N–H and O–H groups in total. The Morgan fingerprint density at radius 3 is 2.54 bits per heavy atom. The molecule has 1 unspecified atom stereocenters. The van der Waals surface area contributed by atoms with Gasteiger partial charge in [-0.15, -0.1) is 11.8 Å². The summed E-state index contributed by atoms with van der Waals surface area (Å²) in [5, 5.41) is 11.8. The van der Waals surface area contributed by atoms with Crippen molar-refractivity contribution in [2.45, 2.75) is 16.2 Å². The van der Waals surface area contributed by atoms with Crippen molar-refractivity contribution in [1.29, 1.82) is 0 Å². The molecular formula is C6H10Cl3NO2S. The lowest BCUT2D eigenvalue weighted by atomic mass is 10.6. The lowest BCUT2D eigenvalue weighted by Crippen LogP contribution is -2.26. The van der Waals surface area contributed by atoms with Gasteiger partial charge in [-0.3, -0.25) is 4.79 Å². The minimum absolute atomic E-state index is 0.121. The van der Waals surface area contributed by atoms with Crippen LogP contribution in [0.25, 0.3) is 0 Å². The minimum Gasteiger partial charge on any atom is -0.378 e. The Morgan fingerprint density at radius 2 is 2.15 bits per heavy atom. The van der Waals surface area contributed by atoms with Crippen molar-refractivity contribution in [3.63, 3.8) is 0 Å². The van der Waals surface area contributed by atoms with Crippen molar-refractivity contribution in [3.8, 4) is 0 Å². The molecule has 1 amide bonds. The first kappa shape index (κ1) is 13.7. The molecule has 0 heterocycles. The molecule has 13 heavy (non-hydrogen) atoms. The summed E-state index contributed by atoms with van der Waals surface area (Å²) < 4.78 is -1.68. The number of hydrogen-bond acceptors (Lipinski definition) is 3. The van der Waals surface area contributed by atoms with Crippen LogP contribution < -0.4 is 5.32 Å². The number of aliphatic hydroxyl groups is 1. The topological polar surface area (TPSA) is 49.3 Å². The quantitative estimate of drug-likeness (QED) is 0.461. The molecule has 78 valence electrons. The molecule has 0 saturated heterocycles. The number of alkyl halides is 3. The number of aliphatic hydroxyl groups excluding tert-OH is 1. The molecule has 1 atom stereocenters. The Hall–Kier alpha value is 0.650. The van der Waals surface area contributed by atoms with Gasteiger partial charge in [0, 0.05) is 19.2 Å². The monoisotopic (exact) mass is 265 g/mol. The van der Waals surface area contributed by atoms with E-state index in [-0.39, 0.29) is 5.91 Å². The van der Waals surface area contributed by atoms with Crippen LogP contribution in [0.5, 0.6) is 0 Å². The van der Waals surface area contributed by atoms with Crippen molar-refractivity contribution in [1.82, 2.24) is 5.32 Å². The number of thioether (sulfide) groups is 1. The van der Waals surface area contributed by atoms with Gasteiger partial charge in [-0.05, 0) is 0 Å². The summed E-state index contributed by atoms with van der Waals surface area (Å²) in [5.41, 5.74) is -1.08. The minimum atomic E-state index is -1.68. The lowest BCUT2D eigenvalue weighted by Gasteiger charge is -2.17. The Kier molecular flexibility index (Phi) is 6.50. The van der Waals surface area contributed by atoms with Crippen molar-refractivity contribution >= 4 is 52.5 Å². The van der Waals surface area contributed by atoms with Gasteiger partial charge in [0.15, 0.2) is 0 Å². The van der Waals surface area contributed by atoms with Gasteiger partial charge in [-0.25, -0.2) is 0 Å². The Balaban J connectivity index is 3.49. The van der Waals surface area contributed by atoms with Crippen molar-refractivity contribution < 1.29 is 9.90 Å². The molecule has 0 aromatic heterocycles. The molecule has 7 heteroatoms. The predicted octanol–water partition coefficient (Wildman–Crippen LogP) is 1.54. The van der Waals surface area contributed by atoms with Crippen LogP contribution in [0.3, 0.4) is 0 Å². The van der Waals surface area contributed by atoms with Crippen LogP contribution in [0.4, 0.5) is 0 Å². The molecule has 0 aliphatic rings. The second-order valence-corrected chi connectivity index (χ2v) is 5.80. The highest BCUT2D eigenvalue weighted by Crippen LogP contribution is 2.35. The summed E-state index contributed by atoms with van der Waals surface area (Å²) in [5.74, 6) is 0.373.